The first-order valence-corrected chi connectivity index (χ1v) is 11.6. The van der Waals surface area contributed by atoms with Crippen LogP contribution in [0.4, 0.5) is 5.69 Å². The first-order valence-electron chi connectivity index (χ1n) is 11.2. The van der Waals surface area contributed by atoms with Crippen LogP contribution in [0.3, 0.4) is 0 Å². The Kier molecular flexibility index (Phi) is 7.36. The van der Waals surface area contributed by atoms with Crippen molar-refractivity contribution in [2.75, 3.05) is 25.2 Å². The number of fused-ring (bicyclic) bond motifs is 1. The molecule has 2 heterocycles. The third-order valence-corrected chi connectivity index (χ3v) is 6.06. The first kappa shape index (κ1) is 24.3. The molecule has 0 saturated heterocycles. The Labute approximate surface area is 207 Å². The molecule has 0 atom stereocenters. The Hall–Kier alpha value is -3.85. The number of methoxy groups -OCH3 is 1. The van der Waals surface area contributed by atoms with Crippen LogP contribution in [0.15, 0.2) is 42.5 Å². The predicted molar refractivity (Wildman–Crippen MR) is 131 cm³/mol. The smallest absolute Gasteiger partial charge is 0.277 e. The van der Waals surface area contributed by atoms with Crippen molar-refractivity contribution >= 4 is 35.4 Å². The van der Waals surface area contributed by atoms with Gasteiger partial charge >= 0.3 is 0 Å². The van der Waals surface area contributed by atoms with Gasteiger partial charge in [-0.15, -0.1) is 0 Å². The molecule has 182 valence electrons. The summed E-state index contributed by atoms with van der Waals surface area (Å²) in [5.74, 6) is 0.151. The van der Waals surface area contributed by atoms with E-state index in [9.17, 15) is 14.4 Å². The van der Waals surface area contributed by atoms with E-state index in [0.717, 1.165) is 19.1 Å². The molecule has 10 heteroatoms. The van der Waals surface area contributed by atoms with Crippen molar-refractivity contribution in [2.24, 2.45) is 5.73 Å². The first-order chi connectivity index (χ1) is 16.9. The second-order valence-electron chi connectivity index (χ2n) is 7.98. The lowest BCUT2D eigenvalue weighted by molar-refractivity contribution is -0.107. The van der Waals surface area contributed by atoms with Crippen molar-refractivity contribution in [3.63, 3.8) is 0 Å². The van der Waals surface area contributed by atoms with E-state index in [1.165, 1.54) is 4.68 Å². The van der Waals surface area contributed by atoms with E-state index in [2.05, 4.69) is 5.10 Å². The number of aldehydes is 1. The number of ether oxygens (including phenoxy) is 2. The molecule has 3 aromatic rings. The molecule has 1 aliphatic heterocycles. The lowest BCUT2D eigenvalue weighted by atomic mass is 10.0. The van der Waals surface area contributed by atoms with Crippen LogP contribution in [0.1, 0.15) is 45.8 Å². The van der Waals surface area contributed by atoms with E-state index in [1.807, 2.05) is 0 Å². The highest BCUT2D eigenvalue weighted by atomic mass is 35.5. The molecule has 2 N–H and O–H groups in total. The van der Waals surface area contributed by atoms with E-state index in [0.29, 0.717) is 59.5 Å². The molecular formula is C25H25ClN4O5. The lowest BCUT2D eigenvalue weighted by Crippen LogP contribution is -2.39. The maximum atomic E-state index is 13.6. The highest BCUT2D eigenvalue weighted by Gasteiger charge is 2.34. The van der Waals surface area contributed by atoms with E-state index < -0.39 is 5.91 Å². The summed E-state index contributed by atoms with van der Waals surface area (Å²) in [5.41, 5.74) is 7.65. The molecule has 0 spiro atoms. The van der Waals surface area contributed by atoms with Crippen LogP contribution < -0.4 is 20.1 Å². The molecular weight excluding hydrogens is 472 g/mol. The van der Waals surface area contributed by atoms with Crippen molar-refractivity contribution in [3.05, 3.63) is 64.4 Å². The minimum Gasteiger partial charge on any atom is -0.497 e. The Balaban J connectivity index is 1.62. The topological polar surface area (TPSA) is 117 Å². The molecule has 0 fully saturated rings. The fraction of sp³-hybridized carbons (Fsp3) is 0.280. The number of carbonyl (C=O) groups excluding carboxylic acids is 3. The number of unbranched alkanes of at least 4 members (excludes halogenated alkanes) is 2. The summed E-state index contributed by atoms with van der Waals surface area (Å²) in [6.45, 7) is 0.776. The molecule has 0 unspecified atom stereocenters. The molecule has 35 heavy (non-hydrogen) atoms. The van der Waals surface area contributed by atoms with Crippen LogP contribution in [-0.4, -0.2) is 48.1 Å². The minimum absolute atomic E-state index is 0.0835. The van der Waals surface area contributed by atoms with Gasteiger partial charge in [0.05, 0.1) is 24.4 Å². The zero-order valence-corrected chi connectivity index (χ0v) is 20.0. The minimum atomic E-state index is -0.688. The maximum Gasteiger partial charge on any atom is 0.277 e. The fourth-order valence-corrected chi connectivity index (χ4v) is 4.23. The number of primary amides is 1. The van der Waals surface area contributed by atoms with Crippen LogP contribution in [-0.2, 0) is 11.2 Å². The normalized spacial score (nSPS) is 12.9. The number of benzene rings is 2. The Morgan fingerprint density at radius 3 is 2.57 bits per heavy atom. The van der Waals surface area contributed by atoms with Gasteiger partial charge in [0.1, 0.15) is 23.5 Å². The van der Waals surface area contributed by atoms with E-state index >= 15 is 0 Å². The van der Waals surface area contributed by atoms with E-state index in [-0.39, 0.29) is 17.3 Å². The van der Waals surface area contributed by atoms with Crippen LogP contribution in [0.5, 0.6) is 11.5 Å². The molecule has 2 amide bonds. The number of hydrogen-bond acceptors (Lipinski definition) is 6. The summed E-state index contributed by atoms with van der Waals surface area (Å²) in [6.07, 6.45) is 3.28. The van der Waals surface area contributed by atoms with E-state index in [4.69, 9.17) is 26.8 Å². The van der Waals surface area contributed by atoms with Crippen molar-refractivity contribution in [1.82, 2.24) is 9.78 Å². The van der Waals surface area contributed by atoms with Crippen molar-refractivity contribution in [3.8, 4) is 17.2 Å². The van der Waals surface area contributed by atoms with Crippen LogP contribution in [0, 0.1) is 0 Å². The molecule has 0 saturated carbocycles. The molecule has 0 radical (unpaired) electrons. The van der Waals surface area contributed by atoms with Gasteiger partial charge in [-0.05, 0) is 61.7 Å². The molecule has 0 bridgehead atoms. The van der Waals surface area contributed by atoms with Gasteiger partial charge in [-0.1, -0.05) is 11.6 Å². The van der Waals surface area contributed by atoms with Gasteiger partial charge in [-0.2, -0.15) is 5.10 Å². The Morgan fingerprint density at radius 1 is 1.17 bits per heavy atom. The van der Waals surface area contributed by atoms with Gasteiger partial charge in [0.2, 0.25) is 0 Å². The van der Waals surface area contributed by atoms with Crippen LogP contribution in [0.2, 0.25) is 5.02 Å². The number of rotatable bonds is 10. The number of aromatic nitrogens is 2. The van der Waals surface area contributed by atoms with Gasteiger partial charge in [-0.3, -0.25) is 9.59 Å². The summed E-state index contributed by atoms with van der Waals surface area (Å²) in [5, 5.41) is 4.74. The highest BCUT2D eigenvalue weighted by molar-refractivity contribution is 6.32. The summed E-state index contributed by atoms with van der Waals surface area (Å²) in [6, 6.07) is 12.1. The summed E-state index contributed by atoms with van der Waals surface area (Å²) < 4.78 is 12.4. The molecule has 2 aromatic carbocycles. The van der Waals surface area contributed by atoms with Crippen LogP contribution in [0.25, 0.3) is 5.69 Å². The van der Waals surface area contributed by atoms with Crippen molar-refractivity contribution in [2.45, 2.75) is 25.7 Å². The van der Waals surface area contributed by atoms with Crippen LogP contribution >= 0.6 is 11.6 Å². The largest absolute Gasteiger partial charge is 0.497 e. The lowest BCUT2D eigenvalue weighted by Gasteiger charge is -2.28. The zero-order valence-electron chi connectivity index (χ0n) is 19.2. The van der Waals surface area contributed by atoms with Crippen molar-refractivity contribution in [1.29, 1.82) is 0 Å². The number of nitrogens with two attached hydrogens (primary N) is 1. The van der Waals surface area contributed by atoms with Crippen molar-refractivity contribution < 1.29 is 23.9 Å². The summed E-state index contributed by atoms with van der Waals surface area (Å²) >= 11 is 6.43. The SMILES string of the molecule is COc1ccc(-n2nc(C(N)=O)c3c2C(=O)N(c2ccc(OCCCCC=O)c(Cl)c2)CC3)cc1. The third kappa shape index (κ3) is 5.00. The van der Waals surface area contributed by atoms with Gasteiger partial charge in [0, 0.05) is 24.2 Å². The third-order valence-electron chi connectivity index (χ3n) is 5.77. The molecule has 1 aromatic heterocycles. The molecule has 9 nitrogen and oxygen atoms in total. The van der Waals surface area contributed by atoms with Gasteiger partial charge < -0.3 is 24.9 Å². The second kappa shape index (κ2) is 10.6. The molecule has 4 rings (SSSR count). The maximum absolute atomic E-state index is 13.6. The number of amides is 2. The Bertz CT molecular complexity index is 1260. The summed E-state index contributed by atoms with van der Waals surface area (Å²) in [7, 11) is 1.56. The number of anilines is 1. The number of nitrogens with zero attached hydrogens (tertiary/aromatic N) is 3. The van der Waals surface area contributed by atoms with Gasteiger partial charge in [0.15, 0.2) is 5.69 Å². The quantitative estimate of drug-likeness (QED) is 0.338. The Morgan fingerprint density at radius 2 is 1.91 bits per heavy atom. The monoisotopic (exact) mass is 496 g/mol. The van der Waals surface area contributed by atoms with Gasteiger partial charge in [0.25, 0.3) is 11.8 Å². The molecule has 0 aliphatic carbocycles. The molecule has 1 aliphatic rings. The fourth-order valence-electron chi connectivity index (χ4n) is 4.00. The highest BCUT2D eigenvalue weighted by Crippen LogP contribution is 2.33. The second-order valence-corrected chi connectivity index (χ2v) is 8.39. The zero-order chi connectivity index (χ0) is 24.9. The van der Waals surface area contributed by atoms with Gasteiger partial charge in [-0.25, -0.2) is 4.68 Å². The van der Waals surface area contributed by atoms with E-state index in [1.54, 1.807) is 54.5 Å². The predicted octanol–water partition coefficient (Wildman–Crippen LogP) is 3.58. The summed E-state index contributed by atoms with van der Waals surface area (Å²) in [4.78, 5) is 37.7. The standard InChI is InChI=1S/C25H25ClN4O5/c1-34-18-8-5-16(6-9-18)30-23-19(22(28-30)24(27)32)11-12-29(25(23)33)17-7-10-21(20(26)15-17)35-14-4-2-3-13-31/h5-10,13,15H,2-4,11-12,14H2,1H3,(H2,27,32). The average Bonchev–Trinajstić information content (AvgIpc) is 3.26. The number of halogens is 1. The number of carbonyl (C=O) groups is 3. The number of hydrogen-bond donors (Lipinski definition) is 1. The average molecular weight is 497 g/mol.